The van der Waals surface area contributed by atoms with Gasteiger partial charge in [0.2, 0.25) is 11.8 Å². The average molecular weight is 336 g/mol. The van der Waals surface area contributed by atoms with E-state index < -0.39 is 0 Å². The molecule has 23 heavy (non-hydrogen) atoms. The Morgan fingerprint density at radius 1 is 0.957 bits per heavy atom. The lowest BCUT2D eigenvalue weighted by Gasteiger charge is -2.21. The lowest BCUT2D eigenvalue weighted by molar-refractivity contribution is -0.125. The van der Waals surface area contributed by atoms with E-state index in [1.807, 2.05) is 29.2 Å². The standard InChI is InChI=1S/C17H22ClN3O2/c18-13-3-1-12(2-4-13)9-21(10-16(22)19-14-5-6-14)11-17(23)20-15-7-8-15/h1-4,14-15H,5-11H2,(H,19,22)(H,20,23). The van der Waals surface area contributed by atoms with Crippen LogP contribution in [0.15, 0.2) is 24.3 Å². The Bertz CT molecular complexity index is 540. The predicted molar refractivity (Wildman–Crippen MR) is 89.1 cm³/mol. The van der Waals surface area contributed by atoms with Crippen LogP contribution >= 0.6 is 11.6 Å². The smallest absolute Gasteiger partial charge is 0.234 e. The molecule has 0 saturated heterocycles. The Hall–Kier alpha value is -1.59. The van der Waals surface area contributed by atoms with Gasteiger partial charge >= 0.3 is 0 Å². The number of benzene rings is 1. The molecule has 1 aromatic carbocycles. The maximum absolute atomic E-state index is 12.1. The van der Waals surface area contributed by atoms with Gasteiger partial charge in [-0.05, 0) is 43.4 Å². The third kappa shape index (κ3) is 5.84. The highest BCUT2D eigenvalue weighted by molar-refractivity contribution is 6.30. The summed E-state index contributed by atoms with van der Waals surface area (Å²) in [7, 11) is 0. The molecule has 2 saturated carbocycles. The summed E-state index contributed by atoms with van der Waals surface area (Å²) in [5, 5.41) is 6.62. The van der Waals surface area contributed by atoms with Crippen LogP contribution in [0.4, 0.5) is 0 Å². The molecule has 2 aliphatic carbocycles. The zero-order valence-electron chi connectivity index (χ0n) is 13.1. The fourth-order valence-electron chi connectivity index (χ4n) is 2.42. The zero-order chi connectivity index (χ0) is 16.2. The van der Waals surface area contributed by atoms with Crippen molar-refractivity contribution in [2.45, 2.75) is 44.3 Å². The molecule has 2 N–H and O–H groups in total. The largest absolute Gasteiger partial charge is 0.352 e. The molecule has 0 unspecified atom stereocenters. The van der Waals surface area contributed by atoms with Crippen LogP contribution in [-0.2, 0) is 16.1 Å². The van der Waals surface area contributed by atoms with Crippen molar-refractivity contribution >= 4 is 23.4 Å². The van der Waals surface area contributed by atoms with E-state index in [-0.39, 0.29) is 24.9 Å². The van der Waals surface area contributed by atoms with E-state index in [4.69, 9.17) is 11.6 Å². The van der Waals surface area contributed by atoms with Crippen molar-refractivity contribution in [2.24, 2.45) is 0 Å². The van der Waals surface area contributed by atoms with E-state index >= 15 is 0 Å². The number of halogens is 1. The number of hydrogen-bond donors (Lipinski definition) is 2. The Morgan fingerprint density at radius 3 is 1.87 bits per heavy atom. The van der Waals surface area contributed by atoms with Crippen molar-refractivity contribution in [1.82, 2.24) is 15.5 Å². The fourth-order valence-corrected chi connectivity index (χ4v) is 2.55. The van der Waals surface area contributed by atoms with Crippen molar-refractivity contribution in [3.63, 3.8) is 0 Å². The second kappa shape index (κ2) is 7.32. The van der Waals surface area contributed by atoms with Gasteiger partial charge in [-0.2, -0.15) is 0 Å². The SMILES string of the molecule is O=C(CN(CC(=O)NC1CC1)Cc1ccc(Cl)cc1)NC1CC1. The van der Waals surface area contributed by atoms with Crippen LogP contribution in [0, 0.1) is 0 Å². The first-order chi connectivity index (χ1) is 11.1. The minimum absolute atomic E-state index is 0.0133. The van der Waals surface area contributed by atoms with E-state index in [1.54, 1.807) is 0 Å². The first-order valence-corrected chi connectivity index (χ1v) is 8.52. The summed E-state index contributed by atoms with van der Waals surface area (Å²) in [5.41, 5.74) is 1.04. The summed E-state index contributed by atoms with van der Waals surface area (Å²) in [5.74, 6) is -0.0265. The van der Waals surface area contributed by atoms with E-state index in [1.165, 1.54) is 0 Å². The summed E-state index contributed by atoms with van der Waals surface area (Å²) in [4.78, 5) is 26.0. The van der Waals surface area contributed by atoms with Crippen LogP contribution in [0.5, 0.6) is 0 Å². The second-order valence-corrected chi connectivity index (χ2v) is 6.89. The number of carbonyl (C=O) groups excluding carboxylic acids is 2. The summed E-state index contributed by atoms with van der Waals surface area (Å²) in [6, 6.07) is 8.16. The first kappa shape index (κ1) is 16.3. The molecule has 0 heterocycles. The molecule has 0 atom stereocenters. The summed E-state index contributed by atoms with van der Waals surface area (Å²) < 4.78 is 0. The highest BCUT2D eigenvalue weighted by Crippen LogP contribution is 2.19. The second-order valence-electron chi connectivity index (χ2n) is 6.46. The molecule has 1 aromatic rings. The molecule has 6 heteroatoms. The molecule has 2 fully saturated rings. The van der Waals surface area contributed by atoms with Crippen LogP contribution in [0.3, 0.4) is 0 Å². The van der Waals surface area contributed by atoms with Gasteiger partial charge in [0.1, 0.15) is 0 Å². The quantitative estimate of drug-likeness (QED) is 0.760. The van der Waals surface area contributed by atoms with Gasteiger partial charge in [-0.1, -0.05) is 23.7 Å². The fraction of sp³-hybridized carbons (Fsp3) is 0.529. The minimum atomic E-state index is -0.0133. The normalized spacial score (nSPS) is 17.1. The van der Waals surface area contributed by atoms with Crippen LogP contribution in [0.2, 0.25) is 5.02 Å². The summed E-state index contributed by atoms with van der Waals surface area (Å²) in [6.07, 6.45) is 4.24. The van der Waals surface area contributed by atoms with Crippen molar-refractivity contribution < 1.29 is 9.59 Å². The molecule has 2 amide bonds. The molecule has 0 spiro atoms. The summed E-state index contributed by atoms with van der Waals surface area (Å²) >= 11 is 5.90. The Kier molecular flexibility index (Phi) is 5.18. The zero-order valence-corrected chi connectivity index (χ0v) is 13.8. The number of nitrogens with one attached hydrogen (secondary N) is 2. The van der Waals surface area contributed by atoms with Gasteiger partial charge in [0.15, 0.2) is 0 Å². The van der Waals surface area contributed by atoms with Crippen molar-refractivity contribution in [1.29, 1.82) is 0 Å². The maximum atomic E-state index is 12.1. The van der Waals surface area contributed by atoms with Gasteiger partial charge in [-0.25, -0.2) is 0 Å². The molecule has 0 aliphatic heterocycles. The molecule has 0 aromatic heterocycles. The monoisotopic (exact) mass is 335 g/mol. The maximum Gasteiger partial charge on any atom is 0.234 e. The topological polar surface area (TPSA) is 61.4 Å². The predicted octanol–water partition coefficient (Wildman–Crippen LogP) is 1.70. The average Bonchev–Trinajstić information content (AvgIpc) is 3.38. The summed E-state index contributed by atoms with van der Waals surface area (Å²) in [6.45, 7) is 1.02. The number of amides is 2. The van der Waals surface area contributed by atoms with Gasteiger partial charge in [0, 0.05) is 23.7 Å². The third-order valence-corrected chi connectivity index (χ3v) is 4.19. The van der Waals surface area contributed by atoms with E-state index in [9.17, 15) is 9.59 Å². The number of carbonyl (C=O) groups is 2. The van der Waals surface area contributed by atoms with Crippen LogP contribution in [-0.4, -0.2) is 41.9 Å². The lowest BCUT2D eigenvalue weighted by atomic mass is 10.2. The van der Waals surface area contributed by atoms with Crippen molar-refractivity contribution in [2.75, 3.05) is 13.1 Å². The number of nitrogens with zero attached hydrogens (tertiary/aromatic N) is 1. The molecular weight excluding hydrogens is 314 g/mol. The molecular formula is C17H22ClN3O2. The Labute approximate surface area is 141 Å². The molecule has 5 nitrogen and oxygen atoms in total. The van der Waals surface area contributed by atoms with Gasteiger partial charge in [-0.15, -0.1) is 0 Å². The number of hydrogen-bond acceptors (Lipinski definition) is 3. The molecule has 2 aliphatic rings. The van der Waals surface area contributed by atoms with Crippen LogP contribution in [0.1, 0.15) is 31.2 Å². The van der Waals surface area contributed by atoms with Crippen LogP contribution in [0.25, 0.3) is 0 Å². The Balaban J connectivity index is 1.57. The Morgan fingerprint density at radius 2 is 1.43 bits per heavy atom. The van der Waals surface area contributed by atoms with Crippen LogP contribution < -0.4 is 10.6 Å². The molecule has 0 radical (unpaired) electrons. The van der Waals surface area contributed by atoms with Crippen molar-refractivity contribution in [3.05, 3.63) is 34.9 Å². The highest BCUT2D eigenvalue weighted by Gasteiger charge is 2.26. The van der Waals surface area contributed by atoms with Gasteiger partial charge in [0.05, 0.1) is 13.1 Å². The minimum Gasteiger partial charge on any atom is -0.352 e. The molecule has 124 valence electrons. The van der Waals surface area contributed by atoms with E-state index in [0.29, 0.717) is 23.7 Å². The van der Waals surface area contributed by atoms with Gasteiger partial charge < -0.3 is 10.6 Å². The highest BCUT2D eigenvalue weighted by atomic mass is 35.5. The van der Waals surface area contributed by atoms with Gasteiger partial charge in [-0.3, -0.25) is 14.5 Å². The third-order valence-electron chi connectivity index (χ3n) is 3.94. The van der Waals surface area contributed by atoms with Gasteiger partial charge in [0.25, 0.3) is 0 Å². The van der Waals surface area contributed by atoms with E-state index in [2.05, 4.69) is 10.6 Å². The molecule has 0 bridgehead atoms. The number of rotatable bonds is 8. The first-order valence-electron chi connectivity index (χ1n) is 8.14. The lowest BCUT2D eigenvalue weighted by Crippen LogP contribution is -2.43. The van der Waals surface area contributed by atoms with E-state index in [0.717, 1.165) is 31.2 Å². The van der Waals surface area contributed by atoms with Crippen molar-refractivity contribution in [3.8, 4) is 0 Å². The molecule has 3 rings (SSSR count).